The third kappa shape index (κ3) is 2.29. The summed E-state index contributed by atoms with van der Waals surface area (Å²) in [6.07, 6.45) is 0. The molecule has 0 bridgehead atoms. The molecule has 2 N–H and O–H groups in total. The Bertz CT molecular complexity index is 573. The lowest BCUT2D eigenvalue weighted by atomic mass is 9.99. The van der Waals surface area contributed by atoms with E-state index in [0.29, 0.717) is 0 Å². The highest BCUT2D eigenvalue weighted by atomic mass is 35.5. The molecule has 0 aliphatic carbocycles. The highest BCUT2D eigenvalue weighted by molar-refractivity contribution is 6.33. The molecule has 0 fully saturated rings. The molecule has 2 heteroatoms. The Kier molecular flexibility index (Phi) is 3.12. The lowest BCUT2D eigenvalue weighted by Gasteiger charge is -2.10. The van der Waals surface area contributed by atoms with Gasteiger partial charge in [-0.05, 0) is 61.2 Å². The Morgan fingerprint density at radius 2 is 1.53 bits per heavy atom. The Balaban J connectivity index is 2.60. The Hall–Kier alpha value is -1.47. The van der Waals surface area contributed by atoms with Crippen LogP contribution in [0, 0.1) is 20.8 Å². The van der Waals surface area contributed by atoms with Gasteiger partial charge in [-0.2, -0.15) is 0 Å². The van der Waals surface area contributed by atoms with E-state index in [4.69, 9.17) is 17.3 Å². The summed E-state index contributed by atoms with van der Waals surface area (Å²) in [7, 11) is 0. The number of rotatable bonds is 1. The molecule has 2 aromatic carbocycles. The molecule has 0 saturated carbocycles. The number of hydrogen-bond acceptors (Lipinski definition) is 1. The molecule has 0 atom stereocenters. The van der Waals surface area contributed by atoms with Gasteiger partial charge in [0, 0.05) is 16.3 Å². The number of anilines is 1. The fourth-order valence-electron chi connectivity index (χ4n) is 1.81. The number of halogens is 1. The molecule has 0 aliphatic rings. The molecule has 17 heavy (non-hydrogen) atoms. The first-order chi connectivity index (χ1) is 7.99. The van der Waals surface area contributed by atoms with Gasteiger partial charge in [0.05, 0.1) is 0 Å². The second kappa shape index (κ2) is 4.42. The SMILES string of the molecule is Cc1cc(Cl)c(-c2ccc(C)c(N)c2)cc1C. The first-order valence-electron chi connectivity index (χ1n) is 5.62. The molecule has 0 radical (unpaired) electrons. The van der Waals surface area contributed by atoms with Crippen molar-refractivity contribution in [1.82, 2.24) is 0 Å². The van der Waals surface area contributed by atoms with Crippen molar-refractivity contribution in [3.05, 3.63) is 52.0 Å². The van der Waals surface area contributed by atoms with Crippen molar-refractivity contribution < 1.29 is 0 Å². The average molecular weight is 246 g/mol. The molecule has 0 amide bonds. The maximum absolute atomic E-state index is 6.29. The molecular weight excluding hydrogens is 230 g/mol. The van der Waals surface area contributed by atoms with E-state index in [2.05, 4.69) is 26.0 Å². The van der Waals surface area contributed by atoms with Gasteiger partial charge in [-0.25, -0.2) is 0 Å². The van der Waals surface area contributed by atoms with Crippen molar-refractivity contribution in [2.24, 2.45) is 0 Å². The monoisotopic (exact) mass is 245 g/mol. The molecule has 0 unspecified atom stereocenters. The maximum atomic E-state index is 6.29. The zero-order valence-corrected chi connectivity index (χ0v) is 11.1. The first kappa shape index (κ1) is 12.0. The molecule has 1 nitrogen and oxygen atoms in total. The number of nitrogen functional groups attached to an aromatic ring is 1. The molecule has 88 valence electrons. The smallest absolute Gasteiger partial charge is 0.0487 e. The molecule has 0 saturated heterocycles. The maximum Gasteiger partial charge on any atom is 0.0487 e. The zero-order chi connectivity index (χ0) is 12.6. The molecule has 0 spiro atoms. The second-order valence-corrected chi connectivity index (χ2v) is 4.89. The summed E-state index contributed by atoms with van der Waals surface area (Å²) < 4.78 is 0. The van der Waals surface area contributed by atoms with E-state index in [0.717, 1.165) is 27.4 Å². The third-order valence-corrected chi connectivity index (χ3v) is 3.49. The van der Waals surface area contributed by atoms with E-state index < -0.39 is 0 Å². The van der Waals surface area contributed by atoms with Crippen molar-refractivity contribution in [1.29, 1.82) is 0 Å². The van der Waals surface area contributed by atoms with Gasteiger partial charge in [0.15, 0.2) is 0 Å². The highest BCUT2D eigenvalue weighted by Crippen LogP contribution is 2.32. The quantitative estimate of drug-likeness (QED) is 0.735. The van der Waals surface area contributed by atoms with Gasteiger partial charge in [0.1, 0.15) is 0 Å². The van der Waals surface area contributed by atoms with Gasteiger partial charge < -0.3 is 5.73 Å². The number of nitrogens with two attached hydrogens (primary N) is 1. The number of benzene rings is 2. The molecule has 0 heterocycles. The van der Waals surface area contributed by atoms with Crippen LogP contribution in [0.15, 0.2) is 30.3 Å². The molecule has 2 aromatic rings. The van der Waals surface area contributed by atoms with Crippen LogP contribution < -0.4 is 5.73 Å². The van der Waals surface area contributed by atoms with Crippen LogP contribution >= 0.6 is 11.6 Å². The topological polar surface area (TPSA) is 26.0 Å². The minimum absolute atomic E-state index is 0.774. The van der Waals surface area contributed by atoms with Gasteiger partial charge in [-0.15, -0.1) is 0 Å². The minimum atomic E-state index is 0.774. The molecule has 0 aliphatic heterocycles. The summed E-state index contributed by atoms with van der Waals surface area (Å²) in [5.74, 6) is 0. The standard InChI is InChI=1S/C15H16ClN/c1-9-4-5-12(8-15(9)17)13-6-10(2)11(3)7-14(13)16/h4-8H,17H2,1-3H3. The molecule has 0 aromatic heterocycles. The Morgan fingerprint density at radius 3 is 2.18 bits per heavy atom. The summed E-state index contributed by atoms with van der Waals surface area (Å²) in [6, 6.07) is 10.2. The predicted octanol–water partition coefficient (Wildman–Crippen LogP) is 4.51. The van der Waals surface area contributed by atoms with E-state index in [1.54, 1.807) is 0 Å². The van der Waals surface area contributed by atoms with E-state index in [1.807, 2.05) is 25.1 Å². The number of hydrogen-bond donors (Lipinski definition) is 1. The van der Waals surface area contributed by atoms with Crippen LogP contribution in [-0.2, 0) is 0 Å². The summed E-state index contributed by atoms with van der Waals surface area (Å²) >= 11 is 6.29. The van der Waals surface area contributed by atoms with E-state index >= 15 is 0 Å². The molecular formula is C15H16ClN. The van der Waals surface area contributed by atoms with Gasteiger partial charge in [-0.1, -0.05) is 23.7 Å². The number of aryl methyl sites for hydroxylation is 3. The van der Waals surface area contributed by atoms with Gasteiger partial charge in [0.25, 0.3) is 0 Å². The van der Waals surface area contributed by atoms with Crippen LogP contribution in [0.5, 0.6) is 0 Å². The van der Waals surface area contributed by atoms with Crippen molar-refractivity contribution in [3.8, 4) is 11.1 Å². The van der Waals surface area contributed by atoms with Crippen LogP contribution in [0.3, 0.4) is 0 Å². The fourth-order valence-corrected chi connectivity index (χ4v) is 2.14. The normalized spacial score (nSPS) is 10.6. The van der Waals surface area contributed by atoms with Crippen molar-refractivity contribution in [2.75, 3.05) is 5.73 Å². The fraction of sp³-hybridized carbons (Fsp3) is 0.200. The lowest BCUT2D eigenvalue weighted by Crippen LogP contribution is -1.91. The van der Waals surface area contributed by atoms with Gasteiger partial charge in [0.2, 0.25) is 0 Å². The van der Waals surface area contributed by atoms with Crippen molar-refractivity contribution in [2.45, 2.75) is 20.8 Å². The summed E-state index contributed by atoms with van der Waals surface area (Å²) in [5, 5.41) is 0.774. The lowest BCUT2D eigenvalue weighted by molar-refractivity contribution is 1.34. The predicted molar refractivity (Wildman–Crippen MR) is 75.5 cm³/mol. The van der Waals surface area contributed by atoms with E-state index in [1.165, 1.54) is 11.1 Å². The second-order valence-electron chi connectivity index (χ2n) is 4.49. The highest BCUT2D eigenvalue weighted by Gasteiger charge is 2.07. The Labute approximate surface area is 107 Å². The summed E-state index contributed by atoms with van der Waals surface area (Å²) in [5.41, 5.74) is 12.4. The zero-order valence-electron chi connectivity index (χ0n) is 10.3. The minimum Gasteiger partial charge on any atom is -0.398 e. The van der Waals surface area contributed by atoms with E-state index in [-0.39, 0.29) is 0 Å². The average Bonchev–Trinajstić information content (AvgIpc) is 2.27. The van der Waals surface area contributed by atoms with Crippen LogP contribution in [0.25, 0.3) is 11.1 Å². The van der Waals surface area contributed by atoms with Crippen LogP contribution in [-0.4, -0.2) is 0 Å². The summed E-state index contributed by atoms with van der Waals surface area (Å²) in [6.45, 7) is 6.16. The van der Waals surface area contributed by atoms with Gasteiger partial charge in [-0.3, -0.25) is 0 Å². The molecule has 2 rings (SSSR count). The largest absolute Gasteiger partial charge is 0.398 e. The van der Waals surface area contributed by atoms with Gasteiger partial charge >= 0.3 is 0 Å². The van der Waals surface area contributed by atoms with Crippen LogP contribution in [0.2, 0.25) is 5.02 Å². The summed E-state index contributed by atoms with van der Waals surface area (Å²) in [4.78, 5) is 0. The van der Waals surface area contributed by atoms with Crippen molar-refractivity contribution >= 4 is 17.3 Å². The Morgan fingerprint density at radius 1 is 0.882 bits per heavy atom. The van der Waals surface area contributed by atoms with Crippen molar-refractivity contribution in [3.63, 3.8) is 0 Å². The third-order valence-electron chi connectivity index (χ3n) is 3.17. The first-order valence-corrected chi connectivity index (χ1v) is 6.00. The van der Waals surface area contributed by atoms with Crippen LogP contribution in [0.1, 0.15) is 16.7 Å². The van der Waals surface area contributed by atoms with E-state index in [9.17, 15) is 0 Å². The van der Waals surface area contributed by atoms with Crippen LogP contribution in [0.4, 0.5) is 5.69 Å².